The van der Waals surface area contributed by atoms with E-state index in [1.807, 2.05) is 43.8 Å². The number of benzene rings is 1. The number of nitrogens with zero attached hydrogens (tertiary/aromatic N) is 3. The monoisotopic (exact) mass is 401 g/mol. The van der Waals surface area contributed by atoms with Crippen molar-refractivity contribution < 1.29 is 9.90 Å². The molecule has 2 saturated carbocycles. The number of carbonyl (C=O) groups is 1. The Morgan fingerprint density at radius 2 is 1.89 bits per heavy atom. The van der Waals surface area contributed by atoms with E-state index in [1.165, 1.54) is 0 Å². The van der Waals surface area contributed by atoms with E-state index >= 15 is 0 Å². The zero-order chi connectivity index (χ0) is 20.1. The van der Waals surface area contributed by atoms with Crippen LogP contribution in [0.4, 0.5) is 0 Å². The van der Waals surface area contributed by atoms with E-state index in [9.17, 15) is 9.90 Å². The zero-order valence-electron chi connectivity index (χ0n) is 17.0. The van der Waals surface area contributed by atoms with Crippen molar-refractivity contribution in [2.24, 2.45) is 12.5 Å². The Morgan fingerprint density at radius 3 is 2.50 bits per heavy atom. The van der Waals surface area contributed by atoms with Gasteiger partial charge in [-0.25, -0.2) is 0 Å². The van der Waals surface area contributed by atoms with E-state index in [0.29, 0.717) is 17.9 Å². The number of fused-ring (bicyclic) bond motifs is 1. The lowest BCUT2D eigenvalue weighted by atomic mass is 9.54. The van der Waals surface area contributed by atoms with Crippen LogP contribution in [0.1, 0.15) is 58.6 Å². The number of amides is 1. The third-order valence-electron chi connectivity index (χ3n) is 7.42. The van der Waals surface area contributed by atoms with Crippen LogP contribution in [-0.2, 0) is 17.3 Å². The average molecular weight is 402 g/mol. The molecule has 28 heavy (non-hydrogen) atoms. The minimum Gasteiger partial charge on any atom is -0.390 e. The van der Waals surface area contributed by atoms with Crippen molar-refractivity contribution in [1.82, 2.24) is 14.7 Å². The molecule has 0 spiro atoms. The Morgan fingerprint density at radius 1 is 1.25 bits per heavy atom. The molecule has 1 aromatic heterocycles. The summed E-state index contributed by atoms with van der Waals surface area (Å²) in [4.78, 5) is 16.0. The van der Waals surface area contributed by atoms with E-state index in [-0.39, 0.29) is 23.4 Å². The number of hydrogen-bond acceptors (Lipinski definition) is 3. The maximum atomic E-state index is 13.9. The lowest BCUT2D eigenvalue weighted by molar-refractivity contribution is -0.196. The number of piperidine rings is 2. The van der Waals surface area contributed by atoms with Crippen molar-refractivity contribution >= 4 is 28.4 Å². The molecule has 1 amide bonds. The molecule has 6 rings (SSSR count). The third kappa shape index (κ3) is 2.42. The molecule has 4 fully saturated rings. The first-order valence-electron chi connectivity index (χ1n) is 10.2. The highest BCUT2D eigenvalue weighted by Gasteiger charge is 2.60. The minimum atomic E-state index is -0.788. The first kappa shape index (κ1) is 18.4. The van der Waals surface area contributed by atoms with Crippen LogP contribution in [0.2, 0.25) is 5.02 Å². The van der Waals surface area contributed by atoms with Gasteiger partial charge in [-0.15, -0.1) is 0 Å². The molecule has 5 nitrogen and oxygen atoms in total. The molecule has 2 atom stereocenters. The number of rotatable bonds is 2. The zero-order valence-corrected chi connectivity index (χ0v) is 17.8. The largest absolute Gasteiger partial charge is 0.390 e. The van der Waals surface area contributed by atoms with Crippen molar-refractivity contribution in [2.75, 3.05) is 0 Å². The lowest BCUT2D eigenvalue weighted by Crippen LogP contribution is -2.69. The van der Waals surface area contributed by atoms with Crippen LogP contribution >= 0.6 is 11.6 Å². The molecule has 1 aromatic carbocycles. The van der Waals surface area contributed by atoms with Gasteiger partial charge in [-0.1, -0.05) is 24.6 Å². The summed E-state index contributed by atoms with van der Waals surface area (Å²) >= 11 is 6.52. The topological polar surface area (TPSA) is 58.4 Å². The van der Waals surface area contributed by atoms with Gasteiger partial charge in [0.05, 0.1) is 27.2 Å². The van der Waals surface area contributed by atoms with Crippen LogP contribution < -0.4 is 0 Å². The molecule has 2 unspecified atom stereocenters. The second-order valence-corrected chi connectivity index (χ2v) is 10.7. The van der Waals surface area contributed by atoms with E-state index in [0.717, 1.165) is 35.9 Å². The smallest absolute Gasteiger partial charge is 0.234 e. The Balaban J connectivity index is 1.56. The fraction of sp³-hybridized carbons (Fsp3) is 0.636. The Hall–Kier alpha value is -1.59. The molecular weight excluding hydrogens is 374 g/mol. The molecule has 0 radical (unpaired) electrons. The normalized spacial score (nSPS) is 34.4. The van der Waals surface area contributed by atoms with Gasteiger partial charge in [0.1, 0.15) is 0 Å². The molecule has 150 valence electrons. The van der Waals surface area contributed by atoms with Crippen LogP contribution in [0.15, 0.2) is 18.2 Å². The standard InChI is InChI=1S/C22H28ClN3O2/c1-20(2,18-17-15(23)6-5-7-16(17)25(4)24-18)19(27)26-13-8-21(3)9-14(26)11-22(28,10-13)12-21/h5-7,13-14,28H,8-12H2,1-4H3. The quantitative estimate of drug-likeness (QED) is 0.832. The molecule has 3 heterocycles. The fourth-order valence-electron chi connectivity index (χ4n) is 6.56. The molecule has 4 bridgehead atoms. The number of carbonyl (C=O) groups excluding carboxylic acids is 1. The highest BCUT2D eigenvalue weighted by molar-refractivity contribution is 6.35. The Kier molecular flexibility index (Phi) is 3.63. The first-order valence-corrected chi connectivity index (χ1v) is 10.6. The predicted octanol–water partition coefficient (Wildman–Crippen LogP) is 3.80. The van der Waals surface area contributed by atoms with Gasteiger partial charge in [0, 0.05) is 24.5 Å². The predicted molar refractivity (Wildman–Crippen MR) is 109 cm³/mol. The number of aromatic nitrogens is 2. The van der Waals surface area contributed by atoms with Crippen LogP contribution in [-0.4, -0.2) is 43.4 Å². The van der Waals surface area contributed by atoms with Gasteiger partial charge in [-0.3, -0.25) is 9.48 Å². The summed E-state index contributed by atoms with van der Waals surface area (Å²) in [6, 6.07) is 5.99. The summed E-state index contributed by atoms with van der Waals surface area (Å²) in [5.41, 5.74) is 0.443. The highest BCUT2D eigenvalue weighted by atomic mass is 35.5. The van der Waals surface area contributed by atoms with E-state index in [2.05, 4.69) is 11.8 Å². The SMILES string of the molecule is Cn1nc(C(C)(C)C(=O)N2C3CC4(C)CC2CC(O)(C3)C4)c2c(Cl)cccc21. The summed E-state index contributed by atoms with van der Waals surface area (Å²) in [5, 5.41) is 17.2. The van der Waals surface area contributed by atoms with Crippen molar-refractivity contribution in [3.05, 3.63) is 28.9 Å². The van der Waals surface area contributed by atoms with Crippen LogP contribution in [0.5, 0.6) is 0 Å². The van der Waals surface area contributed by atoms with Crippen molar-refractivity contribution in [3.63, 3.8) is 0 Å². The molecular formula is C22H28ClN3O2. The van der Waals surface area contributed by atoms with Gasteiger partial charge in [0.2, 0.25) is 5.91 Å². The van der Waals surface area contributed by atoms with E-state index in [4.69, 9.17) is 16.7 Å². The average Bonchev–Trinajstić information content (AvgIpc) is 2.91. The van der Waals surface area contributed by atoms with Crippen molar-refractivity contribution in [3.8, 4) is 0 Å². The molecule has 2 saturated heterocycles. The number of halogens is 1. The van der Waals surface area contributed by atoms with E-state index in [1.54, 1.807) is 0 Å². The van der Waals surface area contributed by atoms with Gasteiger partial charge >= 0.3 is 0 Å². The maximum Gasteiger partial charge on any atom is 0.234 e. The van der Waals surface area contributed by atoms with Crippen LogP contribution in [0.3, 0.4) is 0 Å². The summed E-state index contributed by atoms with van der Waals surface area (Å²) in [5.74, 6) is 0.105. The molecule has 1 N–H and O–H groups in total. The highest BCUT2D eigenvalue weighted by Crippen LogP contribution is 2.58. The van der Waals surface area contributed by atoms with Crippen molar-refractivity contribution in [2.45, 2.75) is 76.0 Å². The second-order valence-electron chi connectivity index (χ2n) is 10.3. The fourth-order valence-corrected chi connectivity index (χ4v) is 6.82. The first-order chi connectivity index (χ1) is 13.0. The molecule has 4 aliphatic rings. The van der Waals surface area contributed by atoms with Gasteiger partial charge in [-0.2, -0.15) is 5.10 Å². The van der Waals surface area contributed by atoms with Crippen LogP contribution in [0.25, 0.3) is 10.9 Å². The van der Waals surface area contributed by atoms with Gasteiger partial charge in [0.25, 0.3) is 0 Å². The summed E-state index contributed by atoms with van der Waals surface area (Å²) < 4.78 is 1.81. The van der Waals surface area contributed by atoms with Gasteiger partial charge in [-0.05, 0) is 63.5 Å². The second kappa shape index (κ2) is 5.51. The van der Waals surface area contributed by atoms with Crippen molar-refractivity contribution in [1.29, 1.82) is 0 Å². The Labute approximate surface area is 170 Å². The summed E-state index contributed by atoms with van der Waals surface area (Å²) in [6.45, 7) is 6.19. The number of aliphatic hydroxyl groups is 1. The summed E-state index contributed by atoms with van der Waals surface area (Å²) in [7, 11) is 1.89. The minimum absolute atomic E-state index is 0.105. The van der Waals surface area contributed by atoms with Gasteiger partial charge < -0.3 is 10.0 Å². The van der Waals surface area contributed by atoms with Crippen LogP contribution in [0, 0.1) is 5.41 Å². The number of hydrogen-bond donors (Lipinski definition) is 1. The molecule has 6 heteroatoms. The van der Waals surface area contributed by atoms with E-state index < -0.39 is 11.0 Å². The maximum absolute atomic E-state index is 13.9. The molecule has 2 aliphatic heterocycles. The number of aryl methyl sites for hydroxylation is 1. The van der Waals surface area contributed by atoms with Gasteiger partial charge in [0.15, 0.2) is 0 Å². The third-order valence-corrected chi connectivity index (χ3v) is 7.73. The molecule has 2 aliphatic carbocycles. The summed E-state index contributed by atoms with van der Waals surface area (Å²) in [6.07, 6.45) is 4.24. The lowest BCUT2D eigenvalue weighted by Gasteiger charge is -2.64. The Bertz CT molecular complexity index is 959. The molecule has 2 aromatic rings.